The summed E-state index contributed by atoms with van der Waals surface area (Å²) >= 11 is 3.44. The van der Waals surface area contributed by atoms with Crippen LogP contribution in [0.5, 0.6) is 0 Å². The summed E-state index contributed by atoms with van der Waals surface area (Å²) in [5.41, 5.74) is 3.06. The van der Waals surface area contributed by atoms with Crippen molar-refractivity contribution in [1.29, 1.82) is 0 Å². The monoisotopic (exact) mass is 416 g/mol. The van der Waals surface area contributed by atoms with Crippen molar-refractivity contribution in [3.63, 3.8) is 0 Å². The summed E-state index contributed by atoms with van der Waals surface area (Å²) in [5, 5.41) is 5.75. The van der Waals surface area contributed by atoms with Crippen LogP contribution in [0.2, 0.25) is 0 Å². The van der Waals surface area contributed by atoms with Crippen molar-refractivity contribution in [2.24, 2.45) is 0 Å². The van der Waals surface area contributed by atoms with Crippen LogP contribution in [0.15, 0.2) is 65.1 Å². The van der Waals surface area contributed by atoms with Gasteiger partial charge in [0.1, 0.15) is 0 Å². The first kappa shape index (κ1) is 16.6. The van der Waals surface area contributed by atoms with Crippen LogP contribution in [0.25, 0.3) is 10.8 Å². The van der Waals surface area contributed by atoms with E-state index >= 15 is 0 Å². The first-order valence-corrected chi connectivity index (χ1v) is 10.6. The van der Waals surface area contributed by atoms with Gasteiger partial charge in [0.05, 0.1) is 18.3 Å². The summed E-state index contributed by atoms with van der Waals surface area (Å²) in [6.45, 7) is 0. The van der Waals surface area contributed by atoms with E-state index in [2.05, 4.69) is 44.2 Å². The zero-order chi connectivity index (χ0) is 17.6. The molecule has 0 fully saturated rings. The Balaban J connectivity index is 1.83. The Bertz CT molecular complexity index is 1040. The third-order valence-corrected chi connectivity index (χ3v) is 5.69. The fraction of sp³-hybridized carbons (Fsp3) is 0.158. The number of nitrogens with one attached hydrogen (secondary N) is 2. The van der Waals surface area contributed by atoms with Gasteiger partial charge in [-0.25, -0.2) is 13.1 Å². The van der Waals surface area contributed by atoms with Gasteiger partial charge >= 0.3 is 0 Å². The van der Waals surface area contributed by atoms with E-state index in [1.165, 1.54) is 6.26 Å². The molecule has 0 bridgehead atoms. The topological polar surface area (TPSA) is 58.2 Å². The van der Waals surface area contributed by atoms with Gasteiger partial charge in [-0.1, -0.05) is 52.3 Å². The van der Waals surface area contributed by atoms with Gasteiger partial charge < -0.3 is 5.32 Å². The molecule has 25 heavy (non-hydrogen) atoms. The molecule has 0 spiro atoms. The average Bonchev–Trinajstić information content (AvgIpc) is 2.85. The van der Waals surface area contributed by atoms with Gasteiger partial charge in [-0.15, -0.1) is 0 Å². The van der Waals surface area contributed by atoms with Crippen molar-refractivity contribution in [2.45, 2.75) is 12.1 Å². The predicted octanol–water partition coefficient (Wildman–Crippen LogP) is 4.36. The second kappa shape index (κ2) is 6.12. The second-order valence-electron chi connectivity index (χ2n) is 6.29. The van der Waals surface area contributed by atoms with Gasteiger partial charge in [-0.05, 0) is 46.2 Å². The molecule has 4 rings (SSSR count). The molecule has 4 nitrogen and oxygen atoms in total. The van der Waals surface area contributed by atoms with Gasteiger partial charge in [0.15, 0.2) is 0 Å². The smallest absolute Gasteiger partial charge is 0.209 e. The molecule has 0 saturated heterocycles. The molecule has 1 aliphatic rings. The lowest BCUT2D eigenvalue weighted by Gasteiger charge is -2.24. The van der Waals surface area contributed by atoms with Gasteiger partial charge in [0, 0.05) is 10.2 Å². The fourth-order valence-electron chi connectivity index (χ4n) is 3.53. The molecular formula is C19H17BrN2O2S. The number of anilines is 1. The highest BCUT2D eigenvalue weighted by molar-refractivity contribution is 9.10. The minimum atomic E-state index is -3.35. The first-order valence-electron chi connectivity index (χ1n) is 7.93. The Morgan fingerprint density at radius 3 is 2.08 bits per heavy atom. The Morgan fingerprint density at radius 1 is 0.880 bits per heavy atom. The maximum atomic E-state index is 12.0. The van der Waals surface area contributed by atoms with Gasteiger partial charge in [-0.2, -0.15) is 0 Å². The molecule has 1 aliphatic carbocycles. The number of hydrogen-bond acceptors (Lipinski definition) is 3. The number of benzene rings is 3. The predicted molar refractivity (Wildman–Crippen MR) is 105 cm³/mol. The van der Waals surface area contributed by atoms with Crippen LogP contribution in [0.4, 0.5) is 5.69 Å². The Kier molecular flexibility index (Phi) is 4.06. The van der Waals surface area contributed by atoms with E-state index in [4.69, 9.17) is 0 Å². The van der Waals surface area contributed by atoms with E-state index in [1.807, 2.05) is 42.5 Å². The molecule has 0 saturated carbocycles. The Morgan fingerprint density at radius 2 is 1.48 bits per heavy atom. The molecule has 3 aromatic carbocycles. The average molecular weight is 417 g/mol. The summed E-state index contributed by atoms with van der Waals surface area (Å²) < 4.78 is 27.7. The van der Waals surface area contributed by atoms with Crippen molar-refractivity contribution >= 4 is 42.4 Å². The summed E-state index contributed by atoms with van der Waals surface area (Å²) in [7, 11) is -3.35. The van der Waals surface area contributed by atoms with Crippen LogP contribution < -0.4 is 10.0 Å². The normalized spacial score (nSPS) is 19.3. The molecule has 0 aromatic heterocycles. The van der Waals surface area contributed by atoms with Crippen molar-refractivity contribution in [2.75, 3.05) is 11.6 Å². The van der Waals surface area contributed by atoms with Crippen LogP contribution >= 0.6 is 15.9 Å². The Hall–Kier alpha value is -1.89. The lowest BCUT2D eigenvalue weighted by atomic mass is 10.0. The summed E-state index contributed by atoms with van der Waals surface area (Å²) in [5.74, 6) is 0. The van der Waals surface area contributed by atoms with Crippen LogP contribution in [0.3, 0.4) is 0 Å². The van der Waals surface area contributed by atoms with Crippen molar-refractivity contribution < 1.29 is 8.42 Å². The standard InChI is InChI=1S/C19H17BrN2O2S/c1-25(23,24)22-19-16-7-3-5-12-4-2-6-15(17(12)16)18(19)21-14-10-8-13(20)9-11-14/h2-11,18-19,21-22H,1H3/t18-,19+/m1/s1. The minimum absolute atomic E-state index is 0.169. The summed E-state index contributed by atoms with van der Waals surface area (Å²) in [6.07, 6.45) is 1.20. The molecule has 3 aromatic rings. The van der Waals surface area contributed by atoms with Gasteiger partial charge in [-0.3, -0.25) is 0 Å². The summed E-state index contributed by atoms with van der Waals surface area (Å²) in [6, 6.07) is 19.5. The van der Waals surface area contributed by atoms with E-state index in [0.29, 0.717) is 0 Å². The van der Waals surface area contributed by atoms with Crippen molar-refractivity contribution in [1.82, 2.24) is 4.72 Å². The van der Waals surface area contributed by atoms with Crippen molar-refractivity contribution in [3.8, 4) is 0 Å². The van der Waals surface area contributed by atoms with Gasteiger partial charge in [0.25, 0.3) is 0 Å². The third-order valence-electron chi connectivity index (χ3n) is 4.48. The largest absolute Gasteiger partial charge is 0.376 e. The molecular weight excluding hydrogens is 400 g/mol. The van der Waals surface area contributed by atoms with E-state index < -0.39 is 10.0 Å². The molecule has 0 aliphatic heterocycles. The van der Waals surface area contributed by atoms with Crippen LogP contribution in [-0.4, -0.2) is 14.7 Å². The quantitative estimate of drug-likeness (QED) is 0.663. The second-order valence-corrected chi connectivity index (χ2v) is 8.98. The molecule has 128 valence electrons. The molecule has 0 unspecified atom stereocenters. The maximum absolute atomic E-state index is 12.0. The highest BCUT2D eigenvalue weighted by Gasteiger charge is 2.35. The van der Waals surface area contributed by atoms with E-state index in [-0.39, 0.29) is 12.1 Å². The number of hydrogen-bond donors (Lipinski definition) is 2. The lowest BCUT2D eigenvalue weighted by molar-refractivity contribution is 0.539. The van der Waals surface area contributed by atoms with E-state index in [1.54, 1.807) is 0 Å². The minimum Gasteiger partial charge on any atom is -0.376 e. The van der Waals surface area contributed by atoms with Crippen LogP contribution in [0, 0.1) is 0 Å². The highest BCUT2D eigenvalue weighted by atomic mass is 79.9. The molecule has 2 N–H and O–H groups in total. The first-order chi connectivity index (χ1) is 11.9. The number of rotatable bonds is 4. The SMILES string of the molecule is CS(=O)(=O)N[C@H]1c2cccc3cccc(c23)[C@H]1Nc1ccc(Br)cc1. The zero-order valence-electron chi connectivity index (χ0n) is 13.5. The molecule has 0 heterocycles. The molecule has 0 amide bonds. The highest BCUT2D eigenvalue weighted by Crippen LogP contribution is 2.45. The van der Waals surface area contributed by atoms with Crippen LogP contribution in [0.1, 0.15) is 23.2 Å². The molecule has 0 radical (unpaired) electrons. The number of sulfonamides is 1. The maximum Gasteiger partial charge on any atom is 0.209 e. The van der Waals surface area contributed by atoms with E-state index in [9.17, 15) is 8.42 Å². The lowest BCUT2D eigenvalue weighted by Crippen LogP contribution is -2.32. The molecule has 6 heteroatoms. The van der Waals surface area contributed by atoms with Gasteiger partial charge in [0.2, 0.25) is 10.0 Å². The zero-order valence-corrected chi connectivity index (χ0v) is 15.9. The number of halogens is 1. The summed E-state index contributed by atoms with van der Waals surface area (Å²) in [4.78, 5) is 0. The van der Waals surface area contributed by atoms with Crippen LogP contribution in [-0.2, 0) is 10.0 Å². The Labute approximate surface area is 155 Å². The molecule has 2 atom stereocenters. The fourth-order valence-corrected chi connectivity index (χ4v) is 4.51. The van der Waals surface area contributed by atoms with Crippen molar-refractivity contribution in [3.05, 3.63) is 76.3 Å². The third kappa shape index (κ3) is 3.17. The van der Waals surface area contributed by atoms with E-state index in [0.717, 1.165) is 32.1 Å².